The predicted octanol–water partition coefficient (Wildman–Crippen LogP) is 2.77. The first-order valence-corrected chi connectivity index (χ1v) is 14.6. The number of nitrogens with one attached hydrogen (secondary N) is 1. The minimum absolute atomic E-state index is 0.00242. The number of pyridine rings is 1. The molecule has 11 nitrogen and oxygen atoms in total. The van der Waals surface area contributed by atoms with E-state index in [4.69, 9.17) is 14.1 Å². The molecule has 12 heteroatoms. The van der Waals surface area contributed by atoms with Crippen molar-refractivity contribution in [2.24, 2.45) is 4.99 Å². The summed E-state index contributed by atoms with van der Waals surface area (Å²) < 4.78 is 35.8. The van der Waals surface area contributed by atoms with Gasteiger partial charge >= 0.3 is 6.01 Å². The maximum absolute atomic E-state index is 13.3. The molecule has 0 radical (unpaired) electrons. The number of sulfone groups is 1. The van der Waals surface area contributed by atoms with Crippen LogP contribution in [-0.4, -0.2) is 73.8 Å². The van der Waals surface area contributed by atoms with Crippen LogP contribution in [-0.2, 0) is 25.8 Å². The summed E-state index contributed by atoms with van der Waals surface area (Å²) in [5.41, 5.74) is 4.23. The van der Waals surface area contributed by atoms with Gasteiger partial charge in [0.1, 0.15) is 0 Å². The fourth-order valence-corrected chi connectivity index (χ4v) is 5.31. The number of ketones is 1. The molecule has 0 bridgehead atoms. The zero-order chi connectivity index (χ0) is 27.7. The molecular formula is C28H26N6O5S. The average Bonchev–Trinajstić information content (AvgIpc) is 3.38. The van der Waals surface area contributed by atoms with Crippen molar-refractivity contribution < 1.29 is 22.4 Å². The Morgan fingerprint density at radius 1 is 1.00 bits per heavy atom. The van der Waals surface area contributed by atoms with Gasteiger partial charge in [-0.05, 0) is 11.6 Å². The second kappa shape index (κ2) is 10.6. The smallest absolute Gasteiger partial charge is 0.317 e. The third kappa shape index (κ3) is 5.23. The summed E-state index contributed by atoms with van der Waals surface area (Å²) >= 11 is 0. The van der Waals surface area contributed by atoms with Gasteiger partial charge < -0.3 is 19.4 Å². The SMILES string of the molecule is CS(=O)(=O)c1cnc(-c2nnc(N[C@H]3N=C(c4ccccc4)c4ccccc4CC3=O)o2)c(N2CCOCC2)c1. The number of Topliss-reactive ketones (excluding diaryl/α,β-unsaturated/α-hetero) is 1. The number of rotatable bonds is 6. The topological polar surface area (TPSA) is 140 Å². The molecule has 0 spiro atoms. The lowest BCUT2D eigenvalue weighted by Gasteiger charge is -2.29. The van der Waals surface area contributed by atoms with Crippen LogP contribution in [0.3, 0.4) is 0 Å². The van der Waals surface area contributed by atoms with Crippen LogP contribution < -0.4 is 10.2 Å². The molecule has 2 aromatic heterocycles. The summed E-state index contributed by atoms with van der Waals surface area (Å²) in [6.07, 6.45) is 1.63. The van der Waals surface area contributed by atoms with E-state index in [0.29, 0.717) is 43.4 Å². The van der Waals surface area contributed by atoms with Crippen molar-refractivity contribution in [1.29, 1.82) is 0 Å². The normalized spacial score (nSPS) is 17.6. The third-order valence-electron chi connectivity index (χ3n) is 6.76. The van der Waals surface area contributed by atoms with Gasteiger partial charge in [0.15, 0.2) is 27.5 Å². The molecule has 0 aliphatic carbocycles. The van der Waals surface area contributed by atoms with Crippen LogP contribution in [0.4, 0.5) is 11.7 Å². The van der Waals surface area contributed by atoms with Crippen molar-refractivity contribution in [1.82, 2.24) is 15.2 Å². The summed E-state index contributed by atoms with van der Waals surface area (Å²) in [7, 11) is -3.49. The van der Waals surface area contributed by atoms with Crippen LogP contribution in [0.15, 0.2) is 81.2 Å². The number of benzene rings is 2. The Morgan fingerprint density at radius 3 is 2.52 bits per heavy atom. The number of fused-ring (bicyclic) bond motifs is 1. The Hall–Kier alpha value is -4.42. The van der Waals surface area contributed by atoms with Gasteiger partial charge in [-0.25, -0.2) is 13.4 Å². The van der Waals surface area contributed by atoms with E-state index in [1.807, 2.05) is 59.5 Å². The van der Waals surface area contributed by atoms with Gasteiger partial charge in [0, 0.05) is 43.1 Å². The number of hydrogen-bond acceptors (Lipinski definition) is 11. The molecule has 6 rings (SSSR count). The van der Waals surface area contributed by atoms with Crippen LogP contribution in [0.2, 0.25) is 0 Å². The van der Waals surface area contributed by atoms with E-state index in [0.717, 1.165) is 22.9 Å². The largest absolute Gasteiger partial charge is 0.402 e. The summed E-state index contributed by atoms with van der Waals surface area (Å²) in [5, 5.41) is 11.3. The second-order valence-electron chi connectivity index (χ2n) is 9.51. The first kappa shape index (κ1) is 25.8. The molecule has 1 saturated heterocycles. The van der Waals surface area contributed by atoms with Crippen LogP contribution in [0.1, 0.15) is 16.7 Å². The number of nitrogens with zero attached hydrogens (tertiary/aromatic N) is 5. The molecule has 0 amide bonds. The molecule has 204 valence electrons. The number of morpholine rings is 1. The fraction of sp³-hybridized carbons (Fsp3) is 0.250. The highest BCUT2D eigenvalue weighted by atomic mass is 32.2. The molecule has 0 saturated carbocycles. The molecule has 4 aromatic rings. The Morgan fingerprint density at radius 2 is 1.75 bits per heavy atom. The van der Waals surface area contributed by atoms with E-state index >= 15 is 0 Å². The lowest BCUT2D eigenvalue weighted by Crippen LogP contribution is -2.36. The summed E-state index contributed by atoms with van der Waals surface area (Å²) in [6.45, 7) is 2.09. The number of ether oxygens (including phenoxy) is 1. The molecule has 2 aliphatic rings. The Balaban J connectivity index is 1.34. The van der Waals surface area contributed by atoms with Crippen molar-refractivity contribution in [2.45, 2.75) is 17.5 Å². The van der Waals surface area contributed by atoms with Crippen molar-refractivity contribution in [2.75, 3.05) is 42.8 Å². The van der Waals surface area contributed by atoms with E-state index in [1.165, 1.54) is 6.20 Å². The number of hydrogen-bond donors (Lipinski definition) is 1. The zero-order valence-corrected chi connectivity index (χ0v) is 22.5. The highest BCUT2D eigenvalue weighted by molar-refractivity contribution is 7.90. The highest BCUT2D eigenvalue weighted by Gasteiger charge is 2.28. The number of aromatic nitrogens is 3. The van der Waals surface area contributed by atoms with Crippen molar-refractivity contribution >= 4 is 33.0 Å². The summed E-state index contributed by atoms with van der Waals surface area (Å²) in [6, 6.07) is 18.9. The molecule has 40 heavy (non-hydrogen) atoms. The molecule has 1 N–H and O–H groups in total. The Kier molecular flexibility index (Phi) is 6.86. The minimum Gasteiger partial charge on any atom is -0.402 e. The van der Waals surface area contributed by atoms with Gasteiger partial charge in [0.2, 0.25) is 0 Å². The van der Waals surface area contributed by atoms with E-state index in [2.05, 4.69) is 20.5 Å². The van der Waals surface area contributed by atoms with E-state index < -0.39 is 16.0 Å². The van der Waals surface area contributed by atoms with E-state index in [1.54, 1.807) is 6.07 Å². The second-order valence-corrected chi connectivity index (χ2v) is 11.5. The zero-order valence-electron chi connectivity index (χ0n) is 21.6. The van der Waals surface area contributed by atoms with Gasteiger partial charge in [-0.1, -0.05) is 59.7 Å². The quantitative estimate of drug-likeness (QED) is 0.376. The van der Waals surface area contributed by atoms with Crippen LogP contribution >= 0.6 is 0 Å². The Bertz CT molecular complexity index is 1700. The lowest BCUT2D eigenvalue weighted by atomic mass is 9.96. The highest BCUT2D eigenvalue weighted by Crippen LogP contribution is 2.32. The third-order valence-corrected chi connectivity index (χ3v) is 7.84. The van der Waals surface area contributed by atoms with E-state index in [-0.39, 0.29) is 29.0 Å². The maximum atomic E-state index is 13.3. The number of carbonyl (C=O) groups excluding carboxylic acids is 1. The van der Waals surface area contributed by atoms with Gasteiger partial charge in [0.25, 0.3) is 5.89 Å². The van der Waals surface area contributed by atoms with Gasteiger partial charge in [-0.2, -0.15) is 0 Å². The van der Waals surface area contributed by atoms with Gasteiger partial charge in [-0.3, -0.25) is 9.79 Å². The standard InChI is InChI=1S/C28H26N6O5S/c1-40(36,37)20-16-22(34-11-13-38-14-12-34)25(29-17-20)27-32-33-28(39-27)31-26-23(35)15-19-9-5-6-10-21(19)24(30-26)18-7-3-2-4-8-18/h2-10,16-17,26H,11-15H2,1H3,(H,31,33)/t26-/m1/s1. The Labute approximate surface area is 230 Å². The summed E-state index contributed by atoms with van der Waals surface area (Å²) in [5.74, 6) is -0.0663. The number of carbonyl (C=O) groups is 1. The minimum atomic E-state index is -3.49. The monoisotopic (exact) mass is 558 g/mol. The van der Waals surface area contributed by atoms with Crippen molar-refractivity contribution in [3.8, 4) is 11.6 Å². The lowest BCUT2D eigenvalue weighted by molar-refractivity contribution is -0.119. The molecule has 2 aromatic carbocycles. The molecule has 1 fully saturated rings. The molecule has 0 unspecified atom stereocenters. The first-order chi connectivity index (χ1) is 19.4. The molecular weight excluding hydrogens is 532 g/mol. The number of aliphatic imine (C=N–C) groups is 1. The molecule has 4 heterocycles. The maximum Gasteiger partial charge on any atom is 0.317 e. The average molecular weight is 559 g/mol. The van der Waals surface area contributed by atoms with E-state index in [9.17, 15) is 13.2 Å². The van der Waals surface area contributed by atoms with Gasteiger partial charge in [-0.15, -0.1) is 5.10 Å². The molecule has 1 atom stereocenters. The van der Waals surface area contributed by atoms with Crippen LogP contribution in [0.5, 0.6) is 0 Å². The first-order valence-electron chi connectivity index (χ1n) is 12.7. The van der Waals surface area contributed by atoms with Gasteiger partial charge in [0.05, 0.1) is 29.5 Å². The summed E-state index contributed by atoms with van der Waals surface area (Å²) in [4.78, 5) is 24.5. The fourth-order valence-electron chi connectivity index (χ4n) is 4.74. The van der Waals surface area contributed by atoms with Crippen molar-refractivity contribution in [3.63, 3.8) is 0 Å². The number of anilines is 2. The molecule has 2 aliphatic heterocycles. The van der Waals surface area contributed by atoms with Crippen LogP contribution in [0, 0.1) is 0 Å². The predicted molar refractivity (Wildman–Crippen MR) is 148 cm³/mol. The van der Waals surface area contributed by atoms with Crippen molar-refractivity contribution in [3.05, 3.63) is 83.6 Å². The van der Waals surface area contributed by atoms with Crippen LogP contribution in [0.25, 0.3) is 11.6 Å².